The van der Waals surface area contributed by atoms with Crippen molar-refractivity contribution >= 4 is 15.9 Å². The van der Waals surface area contributed by atoms with E-state index in [4.69, 9.17) is 10.5 Å². The molecule has 0 amide bonds. The maximum Gasteiger partial charge on any atom is 0.124 e. The van der Waals surface area contributed by atoms with Crippen LogP contribution in [0, 0.1) is 5.92 Å². The second kappa shape index (κ2) is 4.54. The van der Waals surface area contributed by atoms with Crippen molar-refractivity contribution in [3.63, 3.8) is 0 Å². The Bertz CT molecular complexity index is 349. The number of halogens is 1. The van der Waals surface area contributed by atoms with Gasteiger partial charge >= 0.3 is 0 Å². The molecule has 2 nitrogen and oxygen atoms in total. The largest absolute Gasteiger partial charge is 0.496 e. The molecule has 1 atom stereocenters. The lowest BCUT2D eigenvalue weighted by atomic mass is 9.77. The van der Waals surface area contributed by atoms with E-state index in [0.717, 1.165) is 15.8 Å². The lowest BCUT2D eigenvalue weighted by Crippen LogP contribution is -2.27. The van der Waals surface area contributed by atoms with Gasteiger partial charge in [0.05, 0.1) is 7.11 Å². The monoisotopic (exact) mass is 269 g/mol. The first-order valence-corrected chi connectivity index (χ1v) is 6.10. The average molecular weight is 270 g/mol. The lowest BCUT2D eigenvalue weighted by molar-refractivity contribution is 0.259. The predicted molar refractivity (Wildman–Crippen MR) is 65.0 cm³/mol. The molecule has 1 fully saturated rings. The second-order valence-corrected chi connectivity index (χ2v) is 5.02. The zero-order chi connectivity index (χ0) is 10.8. The van der Waals surface area contributed by atoms with Gasteiger partial charge in [-0.25, -0.2) is 0 Å². The number of methoxy groups -OCH3 is 1. The quantitative estimate of drug-likeness (QED) is 0.915. The van der Waals surface area contributed by atoms with E-state index in [1.165, 1.54) is 19.3 Å². The number of rotatable bonds is 3. The van der Waals surface area contributed by atoms with Gasteiger partial charge < -0.3 is 10.5 Å². The first kappa shape index (κ1) is 11.0. The molecule has 0 spiro atoms. The number of benzene rings is 1. The summed E-state index contributed by atoms with van der Waals surface area (Å²) < 4.78 is 6.39. The van der Waals surface area contributed by atoms with E-state index in [0.29, 0.717) is 5.92 Å². The van der Waals surface area contributed by atoms with Crippen molar-refractivity contribution in [2.75, 3.05) is 7.11 Å². The Morgan fingerprint density at radius 2 is 2.20 bits per heavy atom. The standard InChI is InChI=1S/C12H16BrNO/c1-15-11-7-9(13)5-6-10(11)12(14)8-3-2-4-8/h5-8,12H,2-4,14H2,1H3/t12-/m0/s1. The summed E-state index contributed by atoms with van der Waals surface area (Å²) in [4.78, 5) is 0. The first-order valence-electron chi connectivity index (χ1n) is 5.31. The molecule has 0 heterocycles. The fraction of sp³-hybridized carbons (Fsp3) is 0.500. The molecule has 2 N–H and O–H groups in total. The van der Waals surface area contributed by atoms with Crippen molar-refractivity contribution in [3.05, 3.63) is 28.2 Å². The third kappa shape index (κ3) is 2.18. The summed E-state index contributed by atoms with van der Waals surface area (Å²) in [6.45, 7) is 0. The van der Waals surface area contributed by atoms with E-state index in [1.807, 2.05) is 12.1 Å². The summed E-state index contributed by atoms with van der Waals surface area (Å²) in [5.74, 6) is 1.53. The van der Waals surface area contributed by atoms with Crippen LogP contribution in [0.15, 0.2) is 22.7 Å². The lowest BCUT2D eigenvalue weighted by Gasteiger charge is -2.32. The summed E-state index contributed by atoms with van der Waals surface area (Å²) in [5.41, 5.74) is 7.36. The molecular formula is C12H16BrNO. The smallest absolute Gasteiger partial charge is 0.124 e. The number of ether oxygens (including phenoxy) is 1. The highest BCUT2D eigenvalue weighted by molar-refractivity contribution is 9.10. The van der Waals surface area contributed by atoms with Gasteiger partial charge in [-0.15, -0.1) is 0 Å². The summed E-state index contributed by atoms with van der Waals surface area (Å²) in [6, 6.07) is 6.19. The molecule has 1 aliphatic carbocycles. The highest BCUT2D eigenvalue weighted by atomic mass is 79.9. The summed E-state index contributed by atoms with van der Waals surface area (Å²) in [6.07, 6.45) is 3.82. The summed E-state index contributed by atoms with van der Waals surface area (Å²) in [7, 11) is 1.69. The van der Waals surface area contributed by atoms with Crippen molar-refractivity contribution < 1.29 is 4.74 Å². The van der Waals surface area contributed by atoms with Crippen LogP contribution >= 0.6 is 15.9 Å². The third-order valence-corrected chi connectivity index (χ3v) is 3.71. The maximum absolute atomic E-state index is 6.23. The minimum Gasteiger partial charge on any atom is -0.496 e. The van der Waals surface area contributed by atoms with E-state index >= 15 is 0 Å². The Balaban J connectivity index is 2.25. The number of hydrogen-bond donors (Lipinski definition) is 1. The van der Waals surface area contributed by atoms with E-state index < -0.39 is 0 Å². The van der Waals surface area contributed by atoms with Gasteiger partial charge in [-0.2, -0.15) is 0 Å². The minimum absolute atomic E-state index is 0.127. The van der Waals surface area contributed by atoms with Crippen LogP contribution in [0.4, 0.5) is 0 Å². The Morgan fingerprint density at radius 1 is 1.47 bits per heavy atom. The van der Waals surface area contributed by atoms with Crippen LogP contribution in [-0.2, 0) is 0 Å². The van der Waals surface area contributed by atoms with Gasteiger partial charge in [-0.05, 0) is 30.9 Å². The topological polar surface area (TPSA) is 35.2 Å². The zero-order valence-electron chi connectivity index (χ0n) is 8.87. The Labute approximate surface area is 98.9 Å². The Hall–Kier alpha value is -0.540. The number of hydrogen-bond acceptors (Lipinski definition) is 2. The molecule has 1 aromatic carbocycles. The van der Waals surface area contributed by atoms with Gasteiger partial charge in [0.25, 0.3) is 0 Å². The van der Waals surface area contributed by atoms with Crippen LogP contribution in [0.5, 0.6) is 5.75 Å². The molecule has 1 saturated carbocycles. The van der Waals surface area contributed by atoms with Crippen molar-refractivity contribution in [1.29, 1.82) is 0 Å². The second-order valence-electron chi connectivity index (χ2n) is 4.10. The zero-order valence-corrected chi connectivity index (χ0v) is 10.5. The van der Waals surface area contributed by atoms with Crippen molar-refractivity contribution in [2.45, 2.75) is 25.3 Å². The van der Waals surface area contributed by atoms with E-state index in [-0.39, 0.29) is 6.04 Å². The molecule has 0 saturated heterocycles. The molecule has 0 aliphatic heterocycles. The molecule has 82 valence electrons. The van der Waals surface area contributed by atoms with Gasteiger partial charge in [0.2, 0.25) is 0 Å². The molecule has 0 aromatic heterocycles. The molecule has 2 rings (SSSR count). The number of nitrogens with two attached hydrogens (primary N) is 1. The Morgan fingerprint density at radius 3 is 2.73 bits per heavy atom. The third-order valence-electron chi connectivity index (χ3n) is 3.21. The molecule has 0 bridgehead atoms. The van der Waals surface area contributed by atoms with Gasteiger partial charge in [-0.3, -0.25) is 0 Å². The minimum atomic E-state index is 0.127. The van der Waals surface area contributed by atoms with Gasteiger partial charge in [0.15, 0.2) is 0 Å². The maximum atomic E-state index is 6.23. The van der Waals surface area contributed by atoms with Gasteiger partial charge in [0.1, 0.15) is 5.75 Å². The van der Waals surface area contributed by atoms with Crippen LogP contribution in [-0.4, -0.2) is 7.11 Å². The van der Waals surface area contributed by atoms with Crippen molar-refractivity contribution in [2.24, 2.45) is 11.7 Å². The Kier molecular flexibility index (Phi) is 3.32. The average Bonchev–Trinajstić information content (AvgIpc) is 2.14. The van der Waals surface area contributed by atoms with E-state index in [9.17, 15) is 0 Å². The molecule has 0 radical (unpaired) electrons. The molecule has 0 unspecified atom stereocenters. The predicted octanol–water partition coefficient (Wildman–Crippen LogP) is 3.26. The van der Waals surface area contributed by atoms with Crippen LogP contribution in [0.25, 0.3) is 0 Å². The van der Waals surface area contributed by atoms with E-state index in [1.54, 1.807) is 7.11 Å². The first-order chi connectivity index (χ1) is 7.22. The normalized spacial score (nSPS) is 18.3. The summed E-state index contributed by atoms with van der Waals surface area (Å²) in [5, 5.41) is 0. The fourth-order valence-electron chi connectivity index (χ4n) is 2.01. The fourth-order valence-corrected chi connectivity index (χ4v) is 2.35. The van der Waals surface area contributed by atoms with Crippen LogP contribution < -0.4 is 10.5 Å². The van der Waals surface area contributed by atoms with Crippen LogP contribution in [0.1, 0.15) is 30.9 Å². The van der Waals surface area contributed by atoms with E-state index in [2.05, 4.69) is 22.0 Å². The van der Waals surface area contributed by atoms with Crippen LogP contribution in [0.3, 0.4) is 0 Å². The van der Waals surface area contributed by atoms with Crippen molar-refractivity contribution in [1.82, 2.24) is 0 Å². The molecule has 1 aliphatic rings. The highest BCUT2D eigenvalue weighted by Gasteiger charge is 2.27. The SMILES string of the molecule is COc1cc(Br)ccc1[C@@H](N)C1CCC1. The van der Waals surface area contributed by atoms with Gasteiger partial charge in [-0.1, -0.05) is 28.4 Å². The highest BCUT2D eigenvalue weighted by Crippen LogP contribution is 2.39. The summed E-state index contributed by atoms with van der Waals surface area (Å²) >= 11 is 3.43. The van der Waals surface area contributed by atoms with Crippen LogP contribution in [0.2, 0.25) is 0 Å². The van der Waals surface area contributed by atoms with Gasteiger partial charge in [0, 0.05) is 16.1 Å². The molecule has 3 heteroatoms. The van der Waals surface area contributed by atoms with Crippen molar-refractivity contribution in [3.8, 4) is 5.75 Å². The molecule has 1 aromatic rings. The molecular weight excluding hydrogens is 254 g/mol. The molecule has 15 heavy (non-hydrogen) atoms.